The van der Waals surface area contributed by atoms with Gasteiger partial charge in [-0.15, -0.1) is 11.8 Å². The maximum absolute atomic E-state index is 13.6. The average molecular weight is 564 g/mol. The number of halogens is 3. The Morgan fingerprint density at radius 1 is 0.889 bits per heavy atom. The summed E-state index contributed by atoms with van der Waals surface area (Å²) >= 11 is 20.1. The van der Waals surface area contributed by atoms with Crippen molar-refractivity contribution in [3.05, 3.63) is 105 Å². The van der Waals surface area contributed by atoms with E-state index in [0.29, 0.717) is 33.8 Å². The monoisotopic (exact) mass is 562 g/mol. The van der Waals surface area contributed by atoms with Crippen LogP contribution in [0.25, 0.3) is 0 Å². The molecule has 0 saturated carbocycles. The lowest BCUT2D eigenvalue weighted by Crippen LogP contribution is -2.51. The van der Waals surface area contributed by atoms with Crippen LogP contribution in [-0.4, -0.2) is 35.1 Å². The summed E-state index contributed by atoms with van der Waals surface area (Å²) in [4.78, 5) is 28.6. The highest BCUT2D eigenvalue weighted by Gasteiger charge is 2.30. The number of amides is 2. The topological polar surface area (TPSA) is 49.4 Å². The Hall–Kier alpha value is -2.18. The highest BCUT2D eigenvalue weighted by atomic mass is 35.5. The van der Waals surface area contributed by atoms with Crippen LogP contribution in [0.2, 0.25) is 15.1 Å². The number of nitrogens with zero attached hydrogens (tertiary/aromatic N) is 1. The fourth-order valence-corrected chi connectivity index (χ4v) is 5.07. The Morgan fingerprint density at radius 2 is 1.61 bits per heavy atom. The average Bonchev–Trinajstić information content (AvgIpc) is 2.88. The Balaban J connectivity index is 1.84. The summed E-state index contributed by atoms with van der Waals surface area (Å²) in [5, 5.41) is 4.52. The first-order chi connectivity index (χ1) is 17.4. The fraction of sp³-hybridized carbons (Fsp3) is 0.286. The van der Waals surface area contributed by atoms with Crippen LogP contribution in [0.15, 0.2) is 72.8 Å². The van der Waals surface area contributed by atoms with Crippen LogP contribution in [0.1, 0.15) is 30.0 Å². The molecule has 3 aromatic carbocycles. The number of hydrogen-bond acceptors (Lipinski definition) is 3. The molecule has 3 rings (SSSR count). The summed E-state index contributed by atoms with van der Waals surface area (Å²) in [6.45, 7) is 2.78. The van der Waals surface area contributed by atoms with E-state index in [1.54, 1.807) is 23.1 Å². The molecule has 8 heteroatoms. The van der Waals surface area contributed by atoms with E-state index < -0.39 is 6.04 Å². The third-order valence-corrected chi connectivity index (χ3v) is 7.69. The summed E-state index contributed by atoms with van der Waals surface area (Å²) in [5.74, 6) is 0.494. The second-order valence-electron chi connectivity index (χ2n) is 8.35. The van der Waals surface area contributed by atoms with Crippen LogP contribution in [0.4, 0.5) is 0 Å². The van der Waals surface area contributed by atoms with Crippen molar-refractivity contribution in [2.24, 2.45) is 0 Å². The van der Waals surface area contributed by atoms with Crippen LogP contribution < -0.4 is 5.32 Å². The first-order valence-corrected chi connectivity index (χ1v) is 14.0. The number of rotatable bonds is 12. The molecule has 0 saturated heterocycles. The molecule has 3 aromatic rings. The molecule has 0 aliphatic carbocycles. The van der Waals surface area contributed by atoms with Crippen LogP contribution in [0.5, 0.6) is 0 Å². The normalized spacial score (nSPS) is 11.7. The van der Waals surface area contributed by atoms with E-state index in [9.17, 15) is 9.59 Å². The van der Waals surface area contributed by atoms with Gasteiger partial charge in [-0.1, -0.05) is 96.3 Å². The summed E-state index contributed by atoms with van der Waals surface area (Å²) in [6.07, 6.45) is 1.21. The molecule has 0 radical (unpaired) electrons. The molecular weight excluding hydrogens is 535 g/mol. The first-order valence-electron chi connectivity index (χ1n) is 11.7. The van der Waals surface area contributed by atoms with Crippen molar-refractivity contribution in [1.29, 1.82) is 0 Å². The van der Waals surface area contributed by atoms with Crippen molar-refractivity contribution in [2.45, 2.75) is 38.1 Å². The van der Waals surface area contributed by atoms with Gasteiger partial charge in [-0.25, -0.2) is 0 Å². The Morgan fingerprint density at radius 3 is 2.31 bits per heavy atom. The van der Waals surface area contributed by atoms with Crippen LogP contribution in [0, 0.1) is 0 Å². The third-order valence-electron chi connectivity index (χ3n) is 5.60. The molecule has 190 valence electrons. The van der Waals surface area contributed by atoms with E-state index in [2.05, 4.69) is 5.32 Å². The van der Waals surface area contributed by atoms with Gasteiger partial charge in [0.1, 0.15) is 6.04 Å². The molecule has 4 nitrogen and oxygen atoms in total. The van der Waals surface area contributed by atoms with Gasteiger partial charge in [-0.2, -0.15) is 0 Å². The Labute approximate surface area is 232 Å². The van der Waals surface area contributed by atoms with E-state index in [1.165, 1.54) is 11.8 Å². The van der Waals surface area contributed by atoms with Gasteiger partial charge in [0.25, 0.3) is 0 Å². The molecule has 1 N–H and O–H groups in total. The minimum Gasteiger partial charge on any atom is -0.354 e. The van der Waals surface area contributed by atoms with Crippen molar-refractivity contribution >= 4 is 58.4 Å². The number of carbonyl (C=O) groups excluding carboxylic acids is 2. The summed E-state index contributed by atoms with van der Waals surface area (Å²) < 4.78 is 0. The van der Waals surface area contributed by atoms with Gasteiger partial charge in [-0.05, 0) is 41.3 Å². The standard InChI is InChI=1S/C28H29Cl3N2O2S/c1-2-14-32-28(35)26(16-20-8-4-3-5-9-20)33(17-22-10-6-7-11-23(22)29)27(34)19-36-18-21-12-13-24(30)25(31)15-21/h3-13,15,26H,2,14,16-19H2,1H3,(H,32,35)/t26-/m0/s1. The molecule has 0 aromatic heterocycles. The molecule has 0 aliphatic rings. The van der Waals surface area contributed by atoms with Crippen LogP contribution >= 0.6 is 46.6 Å². The minimum absolute atomic E-state index is 0.132. The molecular formula is C28H29Cl3N2O2S. The van der Waals surface area contributed by atoms with Crippen molar-refractivity contribution in [1.82, 2.24) is 10.2 Å². The number of nitrogens with one attached hydrogen (secondary N) is 1. The molecule has 36 heavy (non-hydrogen) atoms. The maximum atomic E-state index is 13.6. The smallest absolute Gasteiger partial charge is 0.243 e. The van der Waals surface area contributed by atoms with E-state index in [1.807, 2.05) is 61.5 Å². The fourth-order valence-electron chi connectivity index (χ4n) is 3.70. The zero-order valence-corrected chi connectivity index (χ0v) is 23.1. The predicted molar refractivity (Wildman–Crippen MR) is 152 cm³/mol. The van der Waals surface area contributed by atoms with Crippen molar-refractivity contribution in [3.8, 4) is 0 Å². The molecule has 0 unspecified atom stereocenters. The number of carbonyl (C=O) groups is 2. The molecule has 0 fully saturated rings. The van der Waals surface area contributed by atoms with Gasteiger partial charge in [-0.3, -0.25) is 9.59 Å². The molecule has 2 amide bonds. The number of hydrogen-bond donors (Lipinski definition) is 1. The van der Waals surface area contributed by atoms with Gasteiger partial charge in [0.15, 0.2) is 0 Å². The SMILES string of the molecule is CCCNC(=O)[C@H](Cc1ccccc1)N(Cc1ccccc1Cl)C(=O)CSCc1ccc(Cl)c(Cl)c1. The number of benzene rings is 3. The van der Waals surface area contributed by atoms with E-state index in [4.69, 9.17) is 34.8 Å². The zero-order chi connectivity index (χ0) is 25.9. The predicted octanol–water partition coefficient (Wildman–Crippen LogP) is 7.05. The first kappa shape index (κ1) is 28.4. The van der Waals surface area contributed by atoms with Gasteiger partial charge in [0, 0.05) is 30.3 Å². The zero-order valence-electron chi connectivity index (χ0n) is 20.1. The molecule has 1 atom stereocenters. The lowest BCUT2D eigenvalue weighted by molar-refractivity contribution is -0.139. The second kappa shape index (κ2) is 14.5. The van der Waals surface area contributed by atoms with E-state index >= 15 is 0 Å². The maximum Gasteiger partial charge on any atom is 0.243 e. The Bertz CT molecular complexity index is 1160. The quantitative estimate of drug-likeness (QED) is 0.257. The highest BCUT2D eigenvalue weighted by molar-refractivity contribution is 7.99. The van der Waals surface area contributed by atoms with Gasteiger partial charge < -0.3 is 10.2 Å². The molecule has 0 aliphatic heterocycles. The largest absolute Gasteiger partial charge is 0.354 e. The molecule has 0 bridgehead atoms. The summed E-state index contributed by atoms with van der Waals surface area (Å²) in [5.41, 5.74) is 2.75. The van der Waals surface area contributed by atoms with Crippen molar-refractivity contribution in [3.63, 3.8) is 0 Å². The molecule has 0 heterocycles. The third kappa shape index (κ3) is 8.45. The lowest BCUT2D eigenvalue weighted by atomic mass is 10.0. The van der Waals surface area contributed by atoms with Gasteiger partial charge in [0.05, 0.1) is 15.8 Å². The summed E-state index contributed by atoms with van der Waals surface area (Å²) in [6, 6.07) is 21.9. The van der Waals surface area contributed by atoms with Crippen LogP contribution in [-0.2, 0) is 28.3 Å². The molecule has 0 spiro atoms. The summed E-state index contributed by atoms with van der Waals surface area (Å²) in [7, 11) is 0. The van der Waals surface area contributed by atoms with E-state index in [0.717, 1.165) is 23.1 Å². The minimum atomic E-state index is -0.673. The van der Waals surface area contributed by atoms with Gasteiger partial charge in [0.2, 0.25) is 11.8 Å². The van der Waals surface area contributed by atoms with Gasteiger partial charge >= 0.3 is 0 Å². The van der Waals surface area contributed by atoms with Crippen LogP contribution in [0.3, 0.4) is 0 Å². The number of thioether (sulfide) groups is 1. The highest BCUT2D eigenvalue weighted by Crippen LogP contribution is 2.26. The lowest BCUT2D eigenvalue weighted by Gasteiger charge is -2.31. The van der Waals surface area contributed by atoms with E-state index in [-0.39, 0.29) is 24.1 Å². The second-order valence-corrected chi connectivity index (χ2v) is 10.6. The van der Waals surface area contributed by atoms with Crippen molar-refractivity contribution in [2.75, 3.05) is 12.3 Å². The Kier molecular flexibility index (Phi) is 11.5. The van der Waals surface area contributed by atoms with Crippen molar-refractivity contribution < 1.29 is 9.59 Å².